The number of hydrogen-bond acceptors (Lipinski definition) is 4. The summed E-state index contributed by atoms with van der Waals surface area (Å²) in [6.07, 6.45) is 0. The van der Waals surface area contributed by atoms with Crippen LogP contribution < -0.4 is 20.1 Å². The topological polar surface area (TPSA) is 59.6 Å². The fourth-order valence-corrected chi connectivity index (χ4v) is 1.92. The van der Waals surface area contributed by atoms with Crippen LogP contribution in [0.4, 0.5) is 0 Å². The lowest BCUT2D eigenvalue weighted by atomic mass is 10.2. The summed E-state index contributed by atoms with van der Waals surface area (Å²) < 4.78 is 11.2. The quantitative estimate of drug-likeness (QED) is 0.754. The molecule has 0 saturated carbocycles. The summed E-state index contributed by atoms with van der Waals surface area (Å²) in [5.41, 5.74) is 1.19. The maximum atomic E-state index is 11.7. The molecule has 0 radical (unpaired) electrons. The molecule has 5 nitrogen and oxygen atoms in total. The maximum Gasteiger partial charge on any atom is 0.257 e. The van der Waals surface area contributed by atoms with E-state index in [2.05, 4.69) is 10.6 Å². The van der Waals surface area contributed by atoms with Gasteiger partial charge in [0, 0.05) is 12.6 Å². The van der Waals surface area contributed by atoms with Crippen LogP contribution in [0.15, 0.2) is 48.5 Å². The lowest BCUT2D eigenvalue weighted by Gasteiger charge is -2.12. The standard InChI is InChI=1S/C19H24N2O3.ClH/c1-14-4-6-17(7-5-14)24-18-10-8-16(9-11-18)23-13-19(22)21-12-15(2)20-3;/h4-11,15,20H,12-13H2,1-3H3,(H,21,22);1H. The Morgan fingerprint density at radius 1 is 1.00 bits per heavy atom. The Bertz CT molecular complexity index is 645. The first-order chi connectivity index (χ1) is 11.6. The summed E-state index contributed by atoms with van der Waals surface area (Å²) >= 11 is 0. The second kappa shape index (κ2) is 10.6. The summed E-state index contributed by atoms with van der Waals surface area (Å²) in [6.45, 7) is 4.59. The average molecular weight is 365 g/mol. The molecule has 6 heteroatoms. The maximum absolute atomic E-state index is 11.7. The van der Waals surface area contributed by atoms with Crippen molar-refractivity contribution in [1.82, 2.24) is 10.6 Å². The van der Waals surface area contributed by atoms with Crippen molar-refractivity contribution >= 4 is 18.3 Å². The first kappa shape index (κ1) is 20.8. The molecule has 1 unspecified atom stereocenters. The van der Waals surface area contributed by atoms with E-state index in [1.54, 1.807) is 12.1 Å². The zero-order valence-corrected chi connectivity index (χ0v) is 15.6. The zero-order chi connectivity index (χ0) is 17.4. The summed E-state index contributed by atoms with van der Waals surface area (Å²) in [5, 5.41) is 5.85. The number of benzene rings is 2. The lowest BCUT2D eigenvalue weighted by Crippen LogP contribution is -2.39. The van der Waals surface area contributed by atoms with Gasteiger partial charge in [0.2, 0.25) is 0 Å². The molecule has 0 saturated heterocycles. The summed E-state index contributed by atoms with van der Waals surface area (Å²) in [5.74, 6) is 1.99. The molecule has 136 valence electrons. The molecule has 0 bridgehead atoms. The molecular formula is C19H25ClN2O3. The molecular weight excluding hydrogens is 340 g/mol. The highest BCUT2D eigenvalue weighted by Crippen LogP contribution is 2.24. The Balaban J connectivity index is 0.00000312. The van der Waals surface area contributed by atoms with Crippen LogP contribution in [0, 0.1) is 6.92 Å². The molecule has 0 aliphatic heterocycles. The van der Waals surface area contributed by atoms with Crippen molar-refractivity contribution in [3.05, 3.63) is 54.1 Å². The minimum Gasteiger partial charge on any atom is -0.484 e. The predicted molar refractivity (Wildman–Crippen MR) is 102 cm³/mol. The average Bonchev–Trinajstić information content (AvgIpc) is 2.61. The van der Waals surface area contributed by atoms with Crippen LogP contribution >= 0.6 is 12.4 Å². The van der Waals surface area contributed by atoms with Crippen LogP contribution in [0.3, 0.4) is 0 Å². The van der Waals surface area contributed by atoms with Crippen LogP contribution in [0.2, 0.25) is 0 Å². The van der Waals surface area contributed by atoms with Crippen molar-refractivity contribution in [3.63, 3.8) is 0 Å². The number of aryl methyl sites for hydroxylation is 1. The molecule has 2 N–H and O–H groups in total. The van der Waals surface area contributed by atoms with E-state index < -0.39 is 0 Å². The van der Waals surface area contributed by atoms with E-state index in [0.29, 0.717) is 12.3 Å². The third-order valence-electron chi connectivity index (χ3n) is 3.55. The highest BCUT2D eigenvalue weighted by Gasteiger charge is 2.05. The smallest absolute Gasteiger partial charge is 0.257 e. The van der Waals surface area contributed by atoms with Gasteiger partial charge in [-0.3, -0.25) is 4.79 Å². The van der Waals surface area contributed by atoms with Gasteiger partial charge < -0.3 is 20.1 Å². The minimum atomic E-state index is -0.142. The van der Waals surface area contributed by atoms with Crippen molar-refractivity contribution in [2.24, 2.45) is 0 Å². The number of amides is 1. The van der Waals surface area contributed by atoms with Crippen molar-refractivity contribution in [2.45, 2.75) is 19.9 Å². The SMILES string of the molecule is CNC(C)CNC(=O)COc1ccc(Oc2ccc(C)cc2)cc1.Cl. The van der Waals surface area contributed by atoms with E-state index in [1.807, 2.05) is 57.3 Å². The number of hydrogen-bond donors (Lipinski definition) is 2. The Labute approximate surface area is 155 Å². The number of rotatable bonds is 8. The van der Waals surface area contributed by atoms with Crippen LogP contribution in [0.25, 0.3) is 0 Å². The van der Waals surface area contributed by atoms with E-state index in [4.69, 9.17) is 9.47 Å². The Hall–Kier alpha value is -2.24. The van der Waals surface area contributed by atoms with Gasteiger partial charge in [-0.1, -0.05) is 17.7 Å². The van der Waals surface area contributed by atoms with Crippen molar-refractivity contribution < 1.29 is 14.3 Å². The molecule has 0 spiro atoms. The van der Waals surface area contributed by atoms with Gasteiger partial charge in [0.25, 0.3) is 5.91 Å². The molecule has 2 aromatic rings. The first-order valence-corrected chi connectivity index (χ1v) is 7.98. The van der Waals surface area contributed by atoms with Crippen LogP contribution in [-0.4, -0.2) is 32.1 Å². The normalized spacial score (nSPS) is 11.2. The van der Waals surface area contributed by atoms with E-state index in [-0.39, 0.29) is 31.0 Å². The second-order valence-corrected chi connectivity index (χ2v) is 5.67. The van der Waals surface area contributed by atoms with Crippen molar-refractivity contribution in [2.75, 3.05) is 20.2 Å². The number of ether oxygens (including phenoxy) is 2. The van der Waals surface area contributed by atoms with Gasteiger partial charge in [0.05, 0.1) is 0 Å². The first-order valence-electron chi connectivity index (χ1n) is 7.98. The number of carbonyl (C=O) groups excluding carboxylic acids is 1. The molecule has 2 rings (SSSR count). The monoisotopic (exact) mass is 364 g/mol. The highest BCUT2D eigenvalue weighted by molar-refractivity contribution is 5.85. The van der Waals surface area contributed by atoms with Gasteiger partial charge in [0.15, 0.2) is 6.61 Å². The molecule has 0 heterocycles. The lowest BCUT2D eigenvalue weighted by molar-refractivity contribution is -0.123. The Kier molecular flexibility index (Phi) is 8.81. The van der Waals surface area contributed by atoms with Gasteiger partial charge >= 0.3 is 0 Å². The molecule has 1 atom stereocenters. The molecule has 0 aliphatic rings. The Morgan fingerprint density at radius 3 is 2.08 bits per heavy atom. The summed E-state index contributed by atoms with van der Waals surface area (Å²) in [6, 6.07) is 15.3. The number of nitrogens with one attached hydrogen (secondary N) is 2. The van der Waals surface area contributed by atoms with Crippen LogP contribution in [0.5, 0.6) is 17.2 Å². The molecule has 25 heavy (non-hydrogen) atoms. The third kappa shape index (κ3) is 7.45. The number of carbonyl (C=O) groups is 1. The van der Waals surface area contributed by atoms with Gasteiger partial charge in [0.1, 0.15) is 17.2 Å². The van der Waals surface area contributed by atoms with Gasteiger partial charge in [-0.25, -0.2) is 0 Å². The van der Waals surface area contributed by atoms with Gasteiger partial charge in [-0.15, -0.1) is 12.4 Å². The zero-order valence-electron chi connectivity index (χ0n) is 14.7. The van der Waals surface area contributed by atoms with Crippen LogP contribution in [-0.2, 0) is 4.79 Å². The van der Waals surface area contributed by atoms with Gasteiger partial charge in [-0.05, 0) is 57.3 Å². The van der Waals surface area contributed by atoms with E-state index in [0.717, 1.165) is 11.5 Å². The molecule has 0 fully saturated rings. The molecule has 0 aliphatic carbocycles. The fraction of sp³-hybridized carbons (Fsp3) is 0.316. The second-order valence-electron chi connectivity index (χ2n) is 5.67. The number of halogens is 1. The van der Waals surface area contributed by atoms with E-state index >= 15 is 0 Å². The highest BCUT2D eigenvalue weighted by atomic mass is 35.5. The number of likely N-dealkylation sites (N-methyl/N-ethyl adjacent to an activating group) is 1. The minimum absolute atomic E-state index is 0. The fourth-order valence-electron chi connectivity index (χ4n) is 1.92. The van der Waals surface area contributed by atoms with Crippen molar-refractivity contribution in [1.29, 1.82) is 0 Å². The predicted octanol–water partition coefficient (Wildman–Crippen LogP) is 3.31. The van der Waals surface area contributed by atoms with Crippen LogP contribution in [0.1, 0.15) is 12.5 Å². The van der Waals surface area contributed by atoms with E-state index in [9.17, 15) is 4.79 Å². The van der Waals surface area contributed by atoms with E-state index in [1.165, 1.54) is 5.56 Å². The van der Waals surface area contributed by atoms with Gasteiger partial charge in [-0.2, -0.15) is 0 Å². The molecule has 2 aromatic carbocycles. The third-order valence-corrected chi connectivity index (χ3v) is 3.55. The Morgan fingerprint density at radius 2 is 1.52 bits per heavy atom. The largest absolute Gasteiger partial charge is 0.484 e. The molecule has 0 aromatic heterocycles. The summed E-state index contributed by atoms with van der Waals surface area (Å²) in [7, 11) is 1.85. The summed E-state index contributed by atoms with van der Waals surface area (Å²) in [4.78, 5) is 11.7. The molecule has 1 amide bonds. The van der Waals surface area contributed by atoms with Crippen molar-refractivity contribution in [3.8, 4) is 17.2 Å².